The molecule has 0 N–H and O–H groups in total. The summed E-state index contributed by atoms with van der Waals surface area (Å²) in [6, 6.07) is 17.6. The first kappa shape index (κ1) is 13.8. The van der Waals surface area contributed by atoms with Gasteiger partial charge in [0.15, 0.2) is 5.78 Å². The molecule has 0 aliphatic heterocycles. The van der Waals surface area contributed by atoms with Crippen LogP contribution in [0.3, 0.4) is 0 Å². The molecule has 0 saturated carbocycles. The van der Waals surface area contributed by atoms with E-state index in [0.29, 0.717) is 5.02 Å². The number of benzene rings is 3. The Kier molecular flexibility index (Phi) is 3.72. The van der Waals surface area contributed by atoms with Crippen LogP contribution in [0.2, 0.25) is 5.02 Å². The summed E-state index contributed by atoms with van der Waals surface area (Å²) in [7, 11) is 0. The van der Waals surface area contributed by atoms with Crippen molar-refractivity contribution in [2.24, 2.45) is 0 Å². The lowest BCUT2D eigenvalue weighted by Crippen LogP contribution is -2.06. The van der Waals surface area contributed by atoms with E-state index in [9.17, 15) is 9.18 Å². The normalized spacial score (nSPS) is 10.8. The lowest BCUT2D eigenvalue weighted by molar-refractivity contribution is 0.0989. The maximum absolute atomic E-state index is 13.8. The standard InChI is InChI=1S/C18H12ClFO/c19-14-8-9-17(20)16(11-14)18(21)10-13-6-3-5-12-4-1-2-7-15(12)13/h1-9,11H,10H2. The highest BCUT2D eigenvalue weighted by Gasteiger charge is 2.14. The molecule has 0 aliphatic carbocycles. The van der Waals surface area contributed by atoms with Crippen molar-refractivity contribution in [1.29, 1.82) is 0 Å². The van der Waals surface area contributed by atoms with E-state index in [4.69, 9.17) is 11.6 Å². The van der Waals surface area contributed by atoms with Crippen molar-refractivity contribution in [3.63, 3.8) is 0 Å². The predicted octanol–water partition coefficient (Wildman–Crippen LogP) is 5.06. The fourth-order valence-corrected chi connectivity index (χ4v) is 2.60. The molecule has 1 nitrogen and oxygen atoms in total. The van der Waals surface area contributed by atoms with Gasteiger partial charge in [-0.25, -0.2) is 4.39 Å². The quantitative estimate of drug-likeness (QED) is 0.618. The fourth-order valence-electron chi connectivity index (χ4n) is 2.43. The highest BCUT2D eigenvalue weighted by atomic mass is 35.5. The van der Waals surface area contributed by atoms with Gasteiger partial charge in [-0.1, -0.05) is 54.1 Å². The van der Waals surface area contributed by atoms with Crippen LogP contribution in [0.15, 0.2) is 60.7 Å². The summed E-state index contributed by atoms with van der Waals surface area (Å²) in [5.74, 6) is -0.809. The van der Waals surface area contributed by atoms with Crippen LogP contribution < -0.4 is 0 Å². The van der Waals surface area contributed by atoms with Crippen LogP contribution in [0.1, 0.15) is 15.9 Å². The lowest BCUT2D eigenvalue weighted by Gasteiger charge is -2.07. The summed E-state index contributed by atoms with van der Waals surface area (Å²) >= 11 is 5.84. The summed E-state index contributed by atoms with van der Waals surface area (Å²) in [6.45, 7) is 0. The van der Waals surface area contributed by atoms with E-state index in [1.807, 2.05) is 42.5 Å². The Hall–Kier alpha value is -2.19. The minimum Gasteiger partial charge on any atom is -0.294 e. The third kappa shape index (κ3) is 2.81. The summed E-state index contributed by atoms with van der Waals surface area (Å²) in [5, 5.41) is 2.43. The van der Waals surface area contributed by atoms with Crippen molar-refractivity contribution >= 4 is 28.2 Å². The molecule has 21 heavy (non-hydrogen) atoms. The molecule has 0 heterocycles. The summed E-state index contributed by atoms with van der Waals surface area (Å²) in [5.41, 5.74) is 0.924. The van der Waals surface area contributed by atoms with Crippen molar-refractivity contribution in [2.45, 2.75) is 6.42 Å². The average molecular weight is 299 g/mol. The molecule has 3 aromatic carbocycles. The van der Waals surface area contributed by atoms with Gasteiger partial charge in [0.25, 0.3) is 0 Å². The second-order valence-electron chi connectivity index (χ2n) is 4.86. The van der Waals surface area contributed by atoms with Gasteiger partial charge in [0.05, 0.1) is 5.56 Å². The number of halogens is 2. The third-order valence-corrected chi connectivity index (χ3v) is 3.69. The predicted molar refractivity (Wildman–Crippen MR) is 83.4 cm³/mol. The first-order chi connectivity index (χ1) is 10.1. The van der Waals surface area contributed by atoms with E-state index < -0.39 is 5.82 Å². The van der Waals surface area contributed by atoms with Crippen molar-refractivity contribution in [2.75, 3.05) is 0 Å². The first-order valence-electron chi connectivity index (χ1n) is 6.60. The average Bonchev–Trinajstić information content (AvgIpc) is 2.50. The Morgan fingerprint density at radius 1 is 1.00 bits per heavy atom. The molecule has 0 bridgehead atoms. The van der Waals surface area contributed by atoms with Gasteiger partial charge in [-0.3, -0.25) is 4.79 Å². The summed E-state index contributed by atoms with van der Waals surface area (Å²) < 4.78 is 13.8. The van der Waals surface area contributed by atoms with Gasteiger partial charge in [-0.05, 0) is 34.5 Å². The maximum Gasteiger partial charge on any atom is 0.170 e. The monoisotopic (exact) mass is 298 g/mol. The van der Waals surface area contributed by atoms with Crippen LogP contribution >= 0.6 is 11.6 Å². The van der Waals surface area contributed by atoms with Crippen molar-refractivity contribution < 1.29 is 9.18 Å². The second kappa shape index (κ2) is 5.66. The number of hydrogen-bond donors (Lipinski definition) is 0. The van der Waals surface area contributed by atoms with E-state index in [1.54, 1.807) is 0 Å². The first-order valence-corrected chi connectivity index (χ1v) is 6.98. The molecule has 3 rings (SSSR count). The molecule has 104 valence electrons. The van der Waals surface area contributed by atoms with Gasteiger partial charge in [0, 0.05) is 11.4 Å². The molecule has 0 atom stereocenters. The number of rotatable bonds is 3. The molecule has 0 aliphatic rings. The van der Waals surface area contributed by atoms with E-state index in [0.717, 1.165) is 16.3 Å². The number of Topliss-reactive ketones (excluding diaryl/α,β-unsaturated/α-hetero) is 1. The van der Waals surface area contributed by atoms with Gasteiger partial charge in [0.2, 0.25) is 0 Å². The molecule has 0 spiro atoms. The van der Waals surface area contributed by atoms with Gasteiger partial charge in [0.1, 0.15) is 5.82 Å². The van der Waals surface area contributed by atoms with Crippen LogP contribution in [0.4, 0.5) is 4.39 Å². The zero-order chi connectivity index (χ0) is 14.8. The van der Waals surface area contributed by atoms with Gasteiger partial charge < -0.3 is 0 Å². The Balaban J connectivity index is 1.99. The van der Waals surface area contributed by atoms with Crippen LogP contribution in [0, 0.1) is 5.82 Å². The Morgan fingerprint density at radius 3 is 2.62 bits per heavy atom. The number of fused-ring (bicyclic) bond motifs is 1. The number of hydrogen-bond acceptors (Lipinski definition) is 1. The highest BCUT2D eigenvalue weighted by Crippen LogP contribution is 2.22. The molecular formula is C18H12ClFO. The number of carbonyl (C=O) groups is 1. The smallest absolute Gasteiger partial charge is 0.170 e. The SMILES string of the molecule is O=C(Cc1cccc2ccccc12)c1cc(Cl)ccc1F. The molecule has 0 radical (unpaired) electrons. The molecule has 0 aromatic heterocycles. The molecular weight excluding hydrogens is 287 g/mol. The van der Waals surface area contributed by atoms with Crippen molar-refractivity contribution in [1.82, 2.24) is 0 Å². The zero-order valence-corrected chi connectivity index (χ0v) is 11.9. The van der Waals surface area contributed by atoms with Gasteiger partial charge in [-0.15, -0.1) is 0 Å². The van der Waals surface area contributed by atoms with E-state index in [2.05, 4.69) is 0 Å². The molecule has 3 aromatic rings. The summed E-state index contributed by atoms with van der Waals surface area (Å²) in [4.78, 5) is 12.3. The third-order valence-electron chi connectivity index (χ3n) is 3.46. The molecule has 3 heteroatoms. The van der Waals surface area contributed by atoms with Gasteiger partial charge >= 0.3 is 0 Å². The number of ketones is 1. The highest BCUT2D eigenvalue weighted by molar-refractivity contribution is 6.31. The molecule has 0 fully saturated rings. The largest absolute Gasteiger partial charge is 0.294 e. The van der Waals surface area contributed by atoms with Crippen molar-refractivity contribution in [3.05, 3.63) is 82.6 Å². The Bertz CT molecular complexity index is 821. The summed E-state index contributed by atoms with van der Waals surface area (Å²) in [6.07, 6.45) is 0.151. The zero-order valence-electron chi connectivity index (χ0n) is 11.1. The number of carbonyl (C=O) groups excluding carboxylic acids is 1. The minimum atomic E-state index is -0.537. The van der Waals surface area contributed by atoms with E-state index >= 15 is 0 Å². The minimum absolute atomic E-state index is 0.0374. The van der Waals surface area contributed by atoms with Crippen LogP contribution in [-0.2, 0) is 6.42 Å². The Morgan fingerprint density at radius 2 is 1.76 bits per heavy atom. The second-order valence-corrected chi connectivity index (χ2v) is 5.30. The molecule has 0 unspecified atom stereocenters. The van der Waals surface area contributed by atoms with E-state index in [1.165, 1.54) is 18.2 Å². The Labute approximate surface area is 127 Å². The molecule has 0 amide bonds. The fraction of sp³-hybridized carbons (Fsp3) is 0.0556. The topological polar surface area (TPSA) is 17.1 Å². The van der Waals surface area contributed by atoms with Crippen LogP contribution in [0.25, 0.3) is 10.8 Å². The lowest BCUT2D eigenvalue weighted by atomic mass is 9.97. The molecule has 0 saturated heterocycles. The van der Waals surface area contributed by atoms with Crippen molar-refractivity contribution in [3.8, 4) is 0 Å². The van der Waals surface area contributed by atoms with Crippen LogP contribution in [0.5, 0.6) is 0 Å². The van der Waals surface area contributed by atoms with Gasteiger partial charge in [-0.2, -0.15) is 0 Å². The maximum atomic E-state index is 13.8. The van der Waals surface area contributed by atoms with Crippen LogP contribution in [-0.4, -0.2) is 5.78 Å². The van der Waals surface area contributed by atoms with E-state index in [-0.39, 0.29) is 17.8 Å².